The molecular formula is C24H32ClFO5. The maximum absolute atomic E-state index is 17.2. The zero-order valence-electron chi connectivity index (χ0n) is 18.7. The van der Waals surface area contributed by atoms with Crippen LogP contribution in [0.4, 0.5) is 4.39 Å². The predicted octanol–water partition coefficient (Wildman–Crippen LogP) is 3.89. The Hall–Kier alpha value is -0.820. The third kappa shape index (κ3) is 2.43. The lowest BCUT2D eigenvalue weighted by molar-refractivity contribution is -0.250. The second-order valence-electron chi connectivity index (χ2n) is 11.3. The molecule has 0 spiro atoms. The van der Waals surface area contributed by atoms with Crippen LogP contribution < -0.4 is 0 Å². The highest BCUT2D eigenvalue weighted by Crippen LogP contribution is 2.72. The number of halogens is 2. The molecule has 8 atom stereocenters. The number of rotatable bonds is 2. The molecule has 7 heteroatoms. The minimum Gasteiger partial charge on any atom is -0.390 e. The molecule has 0 bridgehead atoms. The first-order chi connectivity index (χ1) is 14.4. The van der Waals surface area contributed by atoms with Crippen molar-refractivity contribution in [1.29, 1.82) is 0 Å². The second kappa shape index (κ2) is 6.40. The maximum Gasteiger partial charge on any atom is 0.182 e. The van der Waals surface area contributed by atoms with Crippen molar-refractivity contribution < 1.29 is 28.6 Å². The van der Waals surface area contributed by atoms with E-state index in [4.69, 9.17) is 21.1 Å². The van der Waals surface area contributed by atoms with Gasteiger partial charge in [-0.3, -0.25) is 9.59 Å². The number of allylic oxidation sites excluding steroid dienone is 1. The van der Waals surface area contributed by atoms with Crippen molar-refractivity contribution in [3.8, 4) is 0 Å². The number of Topliss-reactive ketones (excluding diaryl/α,β-unsaturated/α-hetero) is 1. The molecule has 5 aliphatic rings. The van der Waals surface area contributed by atoms with E-state index in [0.29, 0.717) is 32.1 Å². The first kappa shape index (κ1) is 22.0. The van der Waals surface area contributed by atoms with Crippen LogP contribution in [0, 0.1) is 22.7 Å². The zero-order chi connectivity index (χ0) is 22.6. The molecule has 0 radical (unpaired) electrons. The van der Waals surface area contributed by atoms with E-state index >= 15 is 4.39 Å². The minimum absolute atomic E-state index is 0.0377. The first-order valence-corrected chi connectivity index (χ1v) is 12.0. The van der Waals surface area contributed by atoms with Crippen molar-refractivity contribution in [2.75, 3.05) is 5.88 Å². The summed E-state index contributed by atoms with van der Waals surface area (Å²) in [5.41, 5.74) is -4.00. The van der Waals surface area contributed by atoms with E-state index in [1.54, 1.807) is 19.9 Å². The largest absolute Gasteiger partial charge is 0.390 e. The molecule has 31 heavy (non-hydrogen) atoms. The molecule has 0 aromatic rings. The molecule has 0 aromatic heterocycles. The van der Waals surface area contributed by atoms with Gasteiger partial charge in [0.05, 0.1) is 18.1 Å². The Morgan fingerprint density at radius 1 is 1.26 bits per heavy atom. The SMILES string of the molecule is CC1(C)OC2C[C@H]3[C@@H]4CCC5=CC(=O)CC[C@]5(C)[C@]4(F)C(O)C[C@]3(C)[C@@]2(C(=O)CCl)O1. The van der Waals surface area contributed by atoms with Crippen LogP contribution in [0.5, 0.6) is 0 Å². The van der Waals surface area contributed by atoms with Crippen LogP contribution in [0.1, 0.15) is 66.2 Å². The molecule has 0 aromatic carbocycles. The average molecular weight is 455 g/mol. The summed E-state index contributed by atoms with van der Waals surface area (Å²) < 4.78 is 29.7. The molecular weight excluding hydrogens is 423 g/mol. The van der Waals surface area contributed by atoms with Crippen LogP contribution in [0.15, 0.2) is 11.6 Å². The maximum atomic E-state index is 17.2. The third-order valence-corrected chi connectivity index (χ3v) is 9.81. The van der Waals surface area contributed by atoms with Crippen LogP contribution in [-0.2, 0) is 19.1 Å². The van der Waals surface area contributed by atoms with E-state index in [1.165, 1.54) is 0 Å². The quantitative estimate of drug-likeness (QED) is 0.641. The van der Waals surface area contributed by atoms with E-state index in [1.807, 2.05) is 13.8 Å². The molecule has 4 aliphatic carbocycles. The number of aliphatic hydroxyl groups is 1. The topological polar surface area (TPSA) is 72.8 Å². The van der Waals surface area contributed by atoms with E-state index in [-0.39, 0.29) is 29.8 Å². The van der Waals surface area contributed by atoms with Gasteiger partial charge in [0.2, 0.25) is 0 Å². The van der Waals surface area contributed by atoms with Gasteiger partial charge in [0, 0.05) is 23.2 Å². The van der Waals surface area contributed by atoms with E-state index < -0.39 is 46.0 Å². The molecule has 5 rings (SSSR count). The molecule has 1 saturated heterocycles. The Kier molecular flexibility index (Phi) is 4.54. The lowest BCUT2D eigenvalue weighted by Gasteiger charge is -2.63. The summed E-state index contributed by atoms with van der Waals surface area (Å²) in [4.78, 5) is 25.3. The fourth-order valence-electron chi connectivity index (χ4n) is 8.27. The van der Waals surface area contributed by atoms with Gasteiger partial charge in [0.25, 0.3) is 0 Å². The van der Waals surface area contributed by atoms with E-state index in [0.717, 1.165) is 5.57 Å². The standard InChI is InChI=1S/C24H32ClFO5/c1-20(2)30-19-10-16-15-6-5-13-9-14(27)7-8-21(13,3)23(15,26)17(28)11-22(16,4)24(19,31-20)18(29)12-25/h9,15-17,19,28H,5-8,10-12H2,1-4H3/t15-,16-,17?,19?,21-,22-,23+,24-/m0/s1. The van der Waals surface area contributed by atoms with Crippen molar-refractivity contribution in [3.63, 3.8) is 0 Å². The number of ketones is 2. The number of ether oxygens (including phenoxy) is 2. The fourth-order valence-corrected chi connectivity index (χ4v) is 8.47. The second-order valence-corrected chi connectivity index (χ2v) is 11.5. The van der Waals surface area contributed by atoms with Crippen molar-refractivity contribution in [2.45, 2.75) is 95.5 Å². The Morgan fingerprint density at radius 2 is 1.97 bits per heavy atom. The lowest BCUT2D eigenvalue weighted by atomic mass is 9.44. The molecule has 1 heterocycles. The van der Waals surface area contributed by atoms with Crippen LogP contribution in [0.25, 0.3) is 0 Å². The number of carbonyl (C=O) groups excluding carboxylic acids is 2. The van der Waals surface area contributed by atoms with Crippen LogP contribution in [0.3, 0.4) is 0 Å². The Balaban J connectivity index is 1.63. The Labute approximate surface area is 187 Å². The minimum atomic E-state index is -1.86. The molecule has 2 unspecified atom stereocenters. The molecule has 0 amide bonds. The molecule has 5 nitrogen and oxygen atoms in total. The summed E-state index contributed by atoms with van der Waals surface area (Å²) in [6.07, 6.45) is 2.28. The fraction of sp³-hybridized carbons (Fsp3) is 0.833. The highest BCUT2D eigenvalue weighted by Gasteiger charge is 2.80. The molecule has 172 valence electrons. The summed E-state index contributed by atoms with van der Waals surface area (Å²) >= 11 is 6.05. The first-order valence-electron chi connectivity index (χ1n) is 11.4. The summed E-state index contributed by atoms with van der Waals surface area (Å²) in [5, 5.41) is 11.4. The Bertz CT molecular complexity index is 887. The average Bonchev–Trinajstić information content (AvgIpc) is 3.09. The summed E-state index contributed by atoms with van der Waals surface area (Å²) in [7, 11) is 0. The zero-order valence-corrected chi connectivity index (χ0v) is 19.4. The number of alkyl halides is 2. The highest BCUT2D eigenvalue weighted by molar-refractivity contribution is 6.29. The van der Waals surface area contributed by atoms with Crippen molar-refractivity contribution in [1.82, 2.24) is 0 Å². The van der Waals surface area contributed by atoms with Gasteiger partial charge >= 0.3 is 0 Å². The third-order valence-electron chi connectivity index (χ3n) is 9.57. The van der Waals surface area contributed by atoms with Gasteiger partial charge < -0.3 is 14.6 Å². The van der Waals surface area contributed by atoms with Gasteiger partial charge in [-0.1, -0.05) is 19.4 Å². The highest BCUT2D eigenvalue weighted by atomic mass is 35.5. The number of hydrogen-bond donors (Lipinski definition) is 1. The molecule has 1 aliphatic heterocycles. The van der Waals surface area contributed by atoms with E-state index in [2.05, 4.69) is 0 Å². The van der Waals surface area contributed by atoms with Crippen molar-refractivity contribution in [3.05, 3.63) is 11.6 Å². The van der Waals surface area contributed by atoms with E-state index in [9.17, 15) is 14.7 Å². The van der Waals surface area contributed by atoms with Gasteiger partial charge in [-0.25, -0.2) is 4.39 Å². The van der Waals surface area contributed by atoms with Crippen molar-refractivity contribution >= 4 is 23.2 Å². The Morgan fingerprint density at radius 3 is 2.65 bits per heavy atom. The predicted molar refractivity (Wildman–Crippen MR) is 112 cm³/mol. The van der Waals surface area contributed by atoms with Gasteiger partial charge in [-0.15, -0.1) is 11.6 Å². The van der Waals surface area contributed by atoms with Crippen LogP contribution in [-0.4, -0.2) is 51.8 Å². The molecule has 4 fully saturated rings. The lowest BCUT2D eigenvalue weighted by Crippen LogP contribution is -2.70. The van der Waals surface area contributed by atoms with Crippen LogP contribution >= 0.6 is 11.6 Å². The monoisotopic (exact) mass is 454 g/mol. The summed E-state index contributed by atoms with van der Waals surface area (Å²) in [6.45, 7) is 7.38. The van der Waals surface area contributed by atoms with Gasteiger partial charge in [0.1, 0.15) is 5.67 Å². The molecule has 1 N–H and O–H groups in total. The van der Waals surface area contributed by atoms with Crippen LogP contribution in [0.2, 0.25) is 0 Å². The van der Waals surface area contributed by atoms with Gasteiger partial charge in [0.15, 0.2) is 23.0 Å². The summed E-state index contributed by atoms with van der Waals surface area (Å²) in [6, 6.07) is 0. The number of fused-ring (bicyclic) bond motifs is 7. The number of hydrogen-bond acceptors (Lipinski definition) is 5. The van der Waals surface area contributed by atoms with Gasteiger partial charge in [-0.05, 0) is 57.9 Å². The normalized spacial score (nSPS) is 52.6. The number of carbonyl (C=O) groups is 2. The van der Waals surface area contributed by atoms with Gasteiger partial charge in [-0.2, -0.15) is 0 Å². The molecule has 3 saturated carbocycles. The smallest absolute Gasteiger partial charge is 0.182 e. The summed E-state index contributed by atoms with van der Waals surface area (Å²) in [5.74, 6) is -2.02. The van der Waals surface area contributed by atoms with Crippen molar-refractivity contribution in [2.24, 2.45) is 22.7 Å². The number of aliphatic hydroxyl groups excluding tert-OH is 1.